The van der Waals surface area contributed by atoms with Gasteiger partial charge in [0, 0.05) is 31.1 Å². The highest BCUT2D eigenvalue weighted by molar-refractivity contribution is 7.86. The van der Waals surface area contributed by atoms with E-state index in [0.717, 1.165) is 5.56 Å². The van der Waals surface area contributed by atoms with E-state index < -0.39 is 16.8 Å². The molecular weight excluding hydrogens is 362 g/mol. The predicted octanol–water partition coefficient (Wildman–Crippen LogP) is 4.09. The lowest BCUT2D eigenvalue weighted by Gasteiger charge is -2.28. The first-order chi connectivity index (χ1) is 13.0. The van der Waals surface area contributed by atoms with Crippen LogP contribution in [0.3, 0.4) is 0 Å². The van der Waals surface area contributed by atoms with Gasteiger partial charge in [-0.05, 0) is 32.4 Å². The van der Waals surface area contributed by atoms with Crippen molar-refractivity contribution >= 4 is 11.0 Å². The van der Waals surface area contributed by atoms with E-state index in [1.54, 1.807) is 11.5 Å². The molecule has 0 aliphatic heterocycles. The Labute approximate surface area is 166 Å². The molecular formula is C21H33NO4S. The smallest absolute Gasteiger partial charge is 0.188 e. The Morgan fingerprint density at radius 3 is 2.41 bits per heavy atom. The molecule has 0 bridgehead atoms. The van der Waals surface area contributed by atoms with Crippen LogP contribution in [0.4, 0.5) is 0 Å². The minimum atomic E-state index is -1.32. The predicted molar refractivity (Wildman–Crippen MR) is 111 cm³/mol. The third-order valence-corrected chi connectivity index (χ3v) is 4.76. The molecule has 1 N–H and O–H groups in total. The molecule has 0 fully saturated rings. The summed E-state index contributed by atoms with van der Waals surface area (Å²) in [7, 11) is -1.32. The van der Waals surface area contributed by atoms with Crippen LogP contribution in [0.2, 0.25) is 0 Å². The van der Waals surface area contributed by atoms with Crippen LogP contribution < -0.4 is 4.72 Å². The molecule has 27 heavy (non-hydrogen) atoms. The van der Waals surface area contributed by atoms with Gasteiger partial charge in [-0.3, -0.25) is 0 Å². The Balaban J connectivity index is 2.39. The van der Waals surface area contributed by atoms with Crippen LogP contribution >= 0.6 is 0 Å². The summed E-state index contributed by atoms with van der Waals surface area (Å²) in [5.41, 5.74) is 1.14. The SMILES string of the molecule is CCOC(/C=C/S(=O)NC(C)/C=C\COCc1ccccc1)(CC)OCC. The highest BCUT2D eigenvalue weighted by Gasteiger charge is 2.25. The molecule has 2 unspecified atom stereocenters. The molecule has 0 radical (unpaired) electrons. The van der Waals surface area contributed by atoms with Crippen molar-refractivity contribution in [2.45, 2.75) is 52.6 Å². The first-order valence-corrected chi connectivity index (χ1v) is 10.7. The van der Waals surface area contributed by atoms with Crippen LogP contribution in [0.5, 0.6) is 0 Å². The maximum atomic E-state index is 12.2. The van der Waals surface area contributed by atoms with E-state index in [0.29, 0.717) is 32.8 Å². The molecule has 0 aliphatic rings. The molecule has 1 aromatic rings. The monoisotopic (exact) mass is 395 g/mol. The number of hydrogen-bond donors (Lipinski definition) is 1. The molecule has 0 spiro atoms. The van der Waals surface area contributed by atoms with Gasteiger partial charge >= 0.3 is 0 Å². The lowest BCUT2D eigenvalue weighted by atomic mass is 10.2. The second-order valence-corrected chi connectivity index (χ2v) is 7.07. The highest BCUT2D eigenvalue weighted by atomic mass is 32.2. The fourth-order valence-corrected chi connectivity index (χ4v) is 3.31. The Kier molecular flexibility index (Phi) is 12.1. The summed E-state index contributed by atoms with van der Waals surface area (Å²) in [5, 5.41) is 1.59. The molecule has 5 nitrogen and oxygen atoms in total. The quantitative estimate of drug-likeness (QED) is 0.293. The number of hydrogen-bond acceptors (Lipinski definition) is 4. The van der Waals surface area contributed by atoms with Crippen LogP contribution in [0.25, 0.3) is 0 Å². The van der Waals surface area contributed by atoms with E-state index in [9.17, 15) is 4.21 Å². The number of benzene rings is 1. The van der Waals surface area contributed by atoms with E-state index in [4.69, 9.17) is 14.2 Å². The Hall–Kier alpha value is -1.31. The summed E-state index contributed by atoms with van der Waals surface area (Å²) >= 11 is 0. The second kappa shape index (κ2) is 13.8. The third-order valence-electron chi connectivity index (χ3n) is 3.77. The lowest BCUT2D eigenvalue weighted by molar-refractivity contribution is -0.200. The van der Waals surface area contributed by atoms with E-state index in [2.05, 4.69) is 4.72 Å². The molecule has 2 atom stereocenters. The van der Waals surface area contributed by atoms with Gasteiger partial charge < -0.3 is 14.2 Å². The van der Waals surface area contributed by atoms with Crippen molar-refractivity contribution in [3.63, 3.8) is 0 Å². The number of rotatable bonds is 14. The van der Waals surface area contributed by atoms with E-state index >= 15 is 0 Å². The summed E-state index contributed by atoms with van der Waals surface area (Å²) < 4.78 is 32.2. The van der Waals surface area contributed by atoms with Crippen LogP contribution in [0, 0.1) is 0 Å². The highest BCUT2D eigenvalue weighted by Crippen LogP contribution is 2.20. The molecule has 6 heteroatoms. The minimum Gasteiger partial charge on any atom is -0.373 e. The minimum absolute atomic E-state index is 0.0500. The van der Waals surface area contributed by atoms with Gasteiger partial charge in [-0.1, -0.05) is 49.4 Å². The van der Waals surface area contributed by atoms with Crippen LogP contribution in [-0.2, 0) is 31.8 Å². The van der Waals surface area contributed by atoms with Crippen molar-refractivity contribution in [2.75, 3.05) is 19.8 Å². The molecule has 0 aliphatic carbocycles. The summed E-state index contributed by atoms with van der Waals surface area (Å²) in [6.45, 7) is 9.90. The Morgan fingerprint density at radius 1 is 1.15 bits per heavy atom. The molecule has 0 saturated carbocycles. The third kappa shape index (κ3) is 9.98. The fourth-order valence-electron chi connectivity index (χ4n) is 2.45. The molecule has 0 saturated heterocycles. The standard InChI is InChI=1S/C21H33NO4S/c1-5-21(25-6-2,26-7-3)15-17-27(23)22-19(4)12-11-16-24-18-20-13-9-8-10-14-20/h8-15,17,19,22H,5-7,16,18H2,1-4H3/b12-11-,17-15+. The van der Waals surface area contributed by atoms with Crippen LogP contribution in [-0.4, -0.2) is 35.9 Å². The van der Waals surface area contributed by atoms with Crippen molar-refractivity contribution in [3.8, 4) is 0 Å². The van der Waals surface area contributed by atoms with Gasteiger partial charge in [0.25, 0.3) is 0 Å². The summed E-state index contributed by atoms with van der Waals surface area (Å²) in [6, 6.07) is 9.99. The van der Waals surface area contributed by atoms with Crippen molar-refractivity contribution in [2.24, 2.45) is 0 Å². The fraction of sp³-hybridized carbons (Fsp3) is 0.524. The van der Waals surface area contributed by atoms with Gasteiger partial charge in [0.05, 0.1) is 13.2 Å². The van der Waals surface area contributed by atoms with Crippen molar-refractivity contribution in [1.82, 2.24) is 4.72 Å². The van der Waals surface area contributed by atoms with Gasteiger partial charge in [-0.2, -0.15) is 0 Å². The molecule has 0 amide bonds. The van der Waals surface area contributed by atoms with Gasteiger partial charge in [0.2, 0.25) is 0 Å². The lowest BCUT2D eigenvalue weighted by Crippen LogP contribution is -2.34. The summed E-state index contributed by atoms with van der Waals surface area (Å²) in [6.07, 6.45) is 6.26. The second-order valence-electron chi connectivity index (χ2n) is 5.97. The molecule has 1 aromatic carbocycles. The van der Waals surface area contributed by atoms with E-state index in [1.165, 1.54) is 0 Å². The van der Waals surface area contributed by atoms with E-state index in [1.807, 2.05) is 70.2 Å². The van der Waals surface area contributed by atoms with E-state index in [-0.39, 0.29) is 6.04 Å². The average molecular weight is 396 g/mol. The maximum absolute atomic E-state index is 12.2. The van der Waals surface area contributed by atoms with Gasteiger partial charge in [-0.25, -0.2) is 8.93 Å². The Morgan fingerprint density at radius 2 is 1.81 bits per heavy atom. The van der Waals surface area contributed by atoms with Gasteiger partial charge in [0.15, 0.2) is 5.79 Å². The zero-order valence-electron chi connectivity index (χ0n) is 16.9. The largest absolute Gasteiger partial charge is 0.373 e. The summed E-state index contributed by atoms with van der Waals surface area (Å²) in [4.78, 5) is 0. The zero-order chi connectivity index (χ0) is 20.0. The number of nitrogens with one attached hydrogen (secondary N) is 1. The van der Waals surface area contributed by atoms with Crippen LogP contribution in [0.1, 0.15) is 39.7 Å². The average Bonchev–Trinajstić information content (AvgIpc) is 2.67. The molecule has 1 rings (SSSR count). The van der Waals surface area contributed by atoms with Crippen LogP contribution in [0.15, 0.2) is 54.0 Å². The van der Waals surface area contributed by atoms with Gasteiger partial charge in [-0.15, -0.1) is 0 Å². The Bertz CT molecular complexity index is 583. The maximum Gasteiger partial charge on any atom is 0.188 e. The first kappa shape index (κ1) is 23.7. The normalized spacial score (nSPS) is 14.8. The molecule has 152 valence electrons. The van der Waals surface area contributed by atoms with Crippen molar-refractivity contribution < 1.29 is 18.4 Å². The van der Waals surface area contributed by atoms with Crippen molar-refractivity contribution in [1.29, 1.82) is 0 Å². The van der Waals surface area contributed by atoms with Gasteiger partial charge in [0.1, 0.15) is 11.0 Å². The van der Waals surface area contributed by atoms with Crippen molar-refractivity contribution in [3.05, 3.63) is 59.5 Å². The topological polar surface area (TPSA) is 56.8 Å². The summed E-state index contributed by atoms with van der Waals surface area (Å²) in [5.74, 6) is -0.814. The molecule has 0 aromatic heterocycles. The number of ether oxygens (including phenoxy) is 3. The first-order valence-electron chi connectivity index (χ1n) is 9.47. The zero-order valence-corrected chi connectivity index (χ0v) is 17.7. The molecule has 0 heterocycles.